The first-order valence-corrected chi connectivity index (χ1v) is 42.7. The third-order valence-corrected chi connectivity index (χ3v) is 24.3. The molecular weight excluding hydrogens is 1700 g/mol. The van der Waals surface area contributed by atoms with Gasteiger partial charge in [0.15, 0.2) is 0 Å². The lowest BCUT2D eigenvalue weighted by Gasteiger charge is -2.45. The summed E-state index contributed by atoms with van der Waals surface area (Å²) in [6, 6.07) is 62.2. The fourth-order valence-electron chi connectivity index (χ4n) is 16.9. The van der Waals surface area contributed by atoms with Crippen molar-refractivity contribution < 1.29 is 76.5 Å². The largest absolute Gasteiger partial charge is 0.373 e. The fraction of sp³-hybridized carbons (Fsp3) is 0.391. The van der Waals surface area contributed by atoms with Crippen LogP contribution < -0.4 is 0 Å². The lowest BCUT2D eigenvalue weighted by molar-refractivity contribution is -0.193. The van der Waals surface area contributed by atoms with Crippen molar-refractivity contribution in [1.29, 1.82) is 0 Å². The molecule has 0 aromatic heterocycles. The summed E-state index contributed by atoms with van der Waals surface area (Å²) >= 11 is 49.4. The summed E-state index contributed by atoms with van der Waals surface area (Å²) in [4.78, 5) is 125. The van der Waals surface area contributed by atoms with Gasteiger partial charge in [-0.1, -0.05) is 218 Å². The van der Waals surface area contributed by atoms with Crippen molar-refractivity contribution in [2.75, 3.05) is 26.4 Å². The molecule has 0 N–H and O–H groups in total. The number of carbonyl (C=O) groups is 4. The van der Waals surface area contributed by atoms with E-state index in [9.17, 15) is 19.2 Å². The van der Waals surface area contributed by atoms with Gasteiger partial charge >= 0.3 is 24.6 Å². The molecule has 28 heteroatoms. The van der Waals surface area contributed by atoms with Gasteiger partial charge in [0.2, 0.25) is 23.6 Å². The summed E-state index contributed by atoms with van der Waals surface area (Å²) in [5.74, 6) is 2.61. The first kappa shape index (κ1) is 95.2. The van der Waals surface area contributed by atoms with Crippen molar-refractivity contribution in [2.45, 2.75) is 177 Å². The zero-order valence-corrected chi connectivity index (χ0v) is 72.4. The summed E-state index contributed by atoms with van der Waals surface area (Å²) < 4.78 is 24.3. The minimum atomic E-state index is -0.254. The van der Waals surface area contributed by atoms with Crippen LogP contribution in [0.4, 0.5) is 0 Å². The quantitative estimate of drug-likeness (QED) is 0.0687. The van der Waals surface area contributed by atoms with Gasteiger partial charge in [-0.2, -0.15) is 38.4 Å². The van der Waals surface area contributed by atoms with Gasteiger partial charge in [-0.25, -0.2) is 0 Å². The second-order valence-electron chi connectivity index (χ2n) is 29.9. The standard InChI is InChI=1S/4C22H23Cl2NO2.4CO2/c4*1-2-19(14-6-7-14)25-20(26)13-27-22(16-4-3-5-18(24)12-16)21(25)15-8-10-17(23)11-9-15;4*2-1-3/h4*3-5,8-12,14,19,21-22H,2,6-7,13H2,1H3;;;;/t2*19-,21+,22-;2*19-,21-,22+;;;;/m1010..../s1. The highest BCUT2D eigenvalue weighted by Crippen LogP contribution is 2.52. The van der Waals surface area contributed by atoms with Crippen LogP contribution in [-0.4, -0.2) is 118 Å². The van der Waals surface area contributed by atoms with Crippen LogP contribution in [0.25, 0.3) is 0 Å². The van der Waals surface area contributed by atoms with Crippen LogP contribution in [0, 0.1) is 23.7 Å². The number of carbonyl (C=O) groups excluding carboxylic acids is 12. The molecule has 4 saturated carbocycles. The number of morpholine rings is 4. The van der Waals surface area contributed by atoms with Gasteiger partial charge in [-0.15, -0.1) is 0 Å². The maximum absolute atomic E-state index is 13.0. The second-order valence-corrected chi connectivity index (χ2v) is 33.4. The third kappa shape index (κ3) is 25.7. The van der Waals surface area contributed by atoms with E-state index in [4.69, 9.17) is 150 Å². The molecule has 8 aromatic carbocycles. The van der Waals surface area contributed by atoms with E-state index >= 15 is 0 Å². The number of hydrogen-bond acceptors (Lipinski definition) is 16. The summed E-state index contributed by atoms with van der Waals surface area (Å²) in [5, 5.41) is 5.41. The Morgan fingerprint density at radius 3 is 0.575 bits per heavy atom. The number of amides is 4. The number of rotatable bonds is 20. The number of hydrogen-bond donors (Lipinski definition) is 0. The van der Waals surface area contributed by atoms with Crippen LogP contribution >= 0.6 is 92.8 Å². The molecule has 4 aliphatic heterocycles. The molecular formula is C92H92Cl8N4O16. The van der Waals surface area contributed by atoms with Crippen LogP contribution in [0.2, 0.25) is 40.2 Å². The SMILES string of the molecule is CC[C@@H](C1CC1)N1C(=O)CO[C@@H](c2cccc(Cl)c2)[C@H]1c1ccc(Cl)cc1.CC[C@@H](C1CC1)N1C(=O)CO[C@H](c2cccc(Cl)c2)[C@@H]1c1ccc(Cl)cc1.CC[C@H](C1CC1)N1C(=O)CO[C@@H](c2cccc(Cl)c2)[C@H]1c1ccc(Cl)cc1.CC[C@H](C1CC1)N1C(=O)CO[C@H](c2cccc(Cl)c2)[C@@H]1c1ccc(Cl)cc1.O=C=O.O=C=O.O=C=O.O=C=O. The first-order valence-electron chi connectivity index (χ1n) is 39.7. The highest BCUT2D eigenvalue weighted by Gasteiger charge is 2.51. The summed E-state index contributed by atoms with van der Waals surface area (Å²) in [6.45, 7) is 9.07. The van der Waals surface area contributed by atoms with E-state index in [1.807, 2.05) is 194 Å². The number of halogens is 8. The number of benzene rings is 8. The summed E-state index contributed by atoms with van der Waals surface area (Å²) in [6.07, 6.45) is 13.3. The van der Waals surface area contributed by atoms with Crippen molar-refractivity contribution in [2.24, 2.45) is 23.7 Å². The van der Waals surface area contributed by atoms with Gasteiger partial charge in [0.25, 0.3) is 0 Å². The Morgan fingerprint density at radius 1 is 0.267 bits per heavy atom. The van der Waals surface area contributed by atoms with E-state index in [2.05, 4.69) is 47.3 Å². The van der Waals surface area contributed by atoms with Gasteiger partial charge in [0.05, 0.1) is 24.2 Å². The van der Waals surface area contributed by atoms with Gasteiger partial charge < -0.3 is 38.5 Å². The van der Waals surface area contributed by atoms with Crippen molar-refractivity contribution in [3.05, 3.63) is 279 Å². The van der Waals surface area contributed by atoms with Crippen LogP contribution in [0.15, 0.2) is 194 Å². The van der Waals surface area contributed by atoms with Crippen molar-refractivity contribution >= 4 is 141 Å². The molecule has 8 aromatic rings. The number of ether oxygens (including phenoxy) is 4. The predicted molar refractivity (Wildman–Crippen MR) is 452 cm³/mol. The summed E-state index contributed by atoms with van der Waals surface area (Å²) in [5.41, 5.74) is 8.12. The van der Waals surface area contributed by atoms with E-state index in [-0.39, 0.29) is 147 Å². The highest BCUT2D eigenvalue weighted by molar-refractivity contribution is 6.32. The lowest BCUT2D eigenvalue weighted by Crippen LogP contribution is -2.51. The molecule has 4 saturated heterocycles. The molecule has 4 heterocycles. The molecule has 120 heavy (non-hydrogen) atoms. The fourth-order valence-corrected chi connectivity index (χ4v) is 18.2. The average molecular weight is 1790 g/mol. The Kier molecular flexibility index (Phi) is 37.3. The highest BCUT2D eigenvalue weighted by atomic mass is 35.5. The van der Waals surface area contributed by atoms with E-state index in [0.29, 0.717) is 63.9 Å². The number of nitrogens with zero attached hydrogens (tertiary/aromatic N) is 4. The molecule has 0 unspecified atom stereocenters. The molecule has 0 spiro atoms. The minimum absolute atomic E-state index is 0.0620. The zero-order chi connectivity index (χ0) is 86.7. The second kappa shape index (κ2) is 47.1. The van der Waals surface area contributed by atoms with E-state index in [1.54, 1.807) is 0 Å². The maximum Gasteiger partial charge on any atom is 0.373 e. The Balaban J connectivity index is 0.000000174. The van der Waals surface area contributed by atoms with E-state index < -0.39 is 0 Å². The van der Waals surface area contributed by atoms with Crippen LogP contribution in [-0.2, 0) is 76.5 Å². The molecule has 632 valence electrons. The smallest absolute Gasteiger partial charge is 0.361 e. The average Bonchev–Trinajstić information content (AvgIpc) is 1.44. The molecule has 8 aliphatic rings. The van der Waals surface area contributed by atoms with Gasteiger partial charge in [0, 0.05) is 64.3 Å². The van der Waals surface area contributed by atoms with Gasteiger partial charge in [-0.3, -0.25) is 19.2 Å². The molecule has 4 amide bonds. The molecule has 20 nitrogen and oxygen atoms in total. The van der Waals surface area contributed by atoms with Gasteiger partial charge in [-0.05, 0) is 242 Å². The Bertz CT molecular complexity index is 4230. The maximum atomic E-state index is 13.0. The van der Waals surface area contributed by atoms with Crippen molar-refractivity contribution in [3.63, 3.8) is 0 Å². The summed E-state index contributed by atoms with van der Waals surface area (Å²) in [7, 11) is 0. The third-order valence-electron chi connectivity index (χ3n) is 22.4. The molecule has 4 aliphatic carbocycles. The van der Waals surface area contributed by atoms with Crippen molar-refractivity contribution in [1.82, 2.24) is 19.6 Å². The van der Waals surface area contributed by atoms with E-state index in [0.717, 1.165) is 70.2 Å². The normalized spacial score (nSPS) is 22.0. The molecule has 0 radical (unpaired) electrons. The Morgan fingerprint density at radius 2 is 0.433 bits per heavy atom. The molecule has 16 rings (SSSR count). The van der Waals surface area contributed by atoms with Crippen LogP contribution in [0.3, 0.4) is 0 Å². The minimum Gasteiger partial charge on any atom is -0.361 e. The van der Waals surface area contributed by atoms with E-state index in [1.165, 1.54) is 51.4 Å². The predicted octanol–water partition coefficient (Wildman–Crippen LogP) is 21.0. The lowest BCUT2D eigenvalue weighted by atomic mass is 9.90. The molecule has 0 bridgehead atoms. The topological polar surface area (TPSA) is 255 Å². The van der Waals surface area contributed by atoms with Crippen LogP contribution in [0.5, 0.6) is 0 Å². The Hall–Kier alpha value is -8.68. The van der Waals surface area contributed by atoms with Crippen molar-refractivity contribution in [3.8, 4) is 0 Å². The molecule has 12 atom stereocenters. The Labute approximate surface area is 738 Å². The monoisotopic (exact) mass is 1790 g/mol. The van der Waals surface area contributed by atoms with Crippen LogP contribution in [0.1, 0.15) is 198 Å². The first-order chi connectivity index (χ1) is 58.0. The molecule has 8 fully saturated rings. The zero-order valence-electron chi connectivity index (χ0n) is 66.4. The van der Waals surface area contributed by atoms with Gasteiger partial charge in [0.1, 0.15) is 50.8 Å².